The molecule has 0 spiro atoms. The quantitative estimate of drug-likeness (QED) is 0.769. The van der Waals surface area contributed by atoms with Gasteiger partial charge in [-0.1, -0.05) is 6.92 Å². The van der Waals surface area contributed by atoms with Crippen LogP contribution in [0.3, 0.4) is 0 Å². The topological polar surface area (TPSA) is 48.7 Å². The van der Waals surface area contributed by atoms with Crippen LogP contribution in [0.4, 0.5) is 0 Å². The fourth-order valence-corrected chi connectivity index (χ4v) is 1.51. The van der Waals surface area contributed by atoms with E-state index in [-0.39, 0.29) is 6.04 Å². The summed E-state index contributed by atoms with van der Waals surface area (Å²) in [7, 11) is 0. The van der Waals surface area contributed by atoms with Crippen LogP contribution in [0.2, 0.25) is 0 Å². The highest BCUT2D eigenvalue weighted by Crippen LogP contribution is 2.14. The predicted octanol–water partition coefficient (Wildman–Crippen LogP) is 1.71. The lowest BCUT2D eigenvalue weighted by Crippen LogP contribution is -2.20. The van der Waals surface area contributed by atoms with Crippen LogP contribution in [0.1, 0.15) is 24.4 Å². The van der Waals surface area contributed by atoms with E-state index in [0.717, 1.165) is 18.0 Å². The predicted molar refractivity (Wildman–Crippen MR) is 48.8 cm³/mol. The van der Waals surface area contributed by atoms with E-state index in [1.807, 2.05) is 5.38 Å². The van der Waals surface area contributed by atoms with Gasteiger partial charge in [0.15, 0.2) is 0 Å². The summed E-state index contributed by atoms with van der Waals surface area (Å²) in [5.41, 5.74) is 0. The minimum absolute atomic E-state index is 0.232. The first-order valence-corrected chi connectivity index (χ1v) is 4.78. The Morgan fingerprint density at radius 2 is 2.67 bits per heavy atom. The monoisotopic (exact) mass is 181 g/mol. The van der Waals surface area contributed by atoms with E-state index in [9.17, 15) is 0 Å². The van der Waals surface area contributed by atoms with Gasteiger partial charge in [-0.3, -0.25) is 5.32 Å². The maximum atomic E-state index is 8.78. The van der Waals surface area contributed by atoms with Crippen molar-refractivity contribution < 1.29 is 0 Å². The molecule has 0 aliphatic heterocycles. The minimum atomic E-state index is -0.232. The van der Waals surface area contributed by atoms with Gasteiger partial charge in [-0.15, -0.1) is 11.3 Å². The molecule has 1 aromatic heterocycles. The Morgan fingerprint density at radius 1 is 1.83 bits per heavy atom. The van der Waals surface area contributed by atoms with Crippen molar-refractivity contribution in [1.82, 2.24) is 10.3 Å². The zero-order valence-electron chi connectivity index (χ0n) is 6.95. The molecular weight excluding hydrogens is 170 g/mol. The molecule has 0 amide bonds. The van der Waals surface area contributed by atoms with Crippen LogP contribution in [0.25, 0.3) is 0 Å². The average molecular weight is 181 g/mol. The standard InChI is InChI=1S/C8H11N3S/c1-2-3-10-7(6-9)8-11-4-5-12-8/h4-5,7,10H,2-3H2,1H3. The van der Waals surface area contributed by atoms with Crippen molar-refractivity contribution in [2.24, 2.45) is 0 Å². The number of nitrogens with zero attached hydrogens (tertiary/aromatic N) is 2. The van der Waals surface area contributed by atoms with E-state index in [2.05, 4.69) is 23.3 Å². The molecule has 4 heteroatoms. The third-order valence-electron chi connectivity index (χ3n) is 1.43. The normalized spacial score (nSPS) is 12.3. The molecule has 0 bridgehead atoms. The molecule has 1 rings (SSSR count). The Kier molecular flexibility index (Phi) is 3.71. The average Bonchev–Trinajstić information content (AvgIpc) is 2.59. The van der Waals surface area contributed by atoms with Crippen molar-refractivity contribution in [3.05, 3.63) is 16.6 Å². The van der Waals surface area contributed by atoms with Gasteiger partial charge in [0.05, 0.1) is 6.07 Å². The van der Waals surface area contributed by atoms with E-state index >= 15 is 0 Å². The maximum absolute atomic E-state index is 8.78. The van der Waals surface area contributed by atoms with Gasteiger partial charge in [0.25, 0.3) is 0 Å². The minimum Gasteiger partial charge on any atom is -0.296 e. The molecule has 3 nitrogen and oxygen atoms in total. The molecule has 1 N–H and O–H groups in total. The van der Waals surface area contributed by atoms with Crippen LogP contribution in [0.5, 0.6) is 0 Å². The van der Waals surface area contributed by atoms with Gasteiger partial charge in [0.1, 0.15) is 11.0 Å². The highest BCUT2D eigenvalue weighted by atomic mass is 32.1. The summed E-state index contributed by atoms with van der Waals surface area (Å²) in [6.07, 6.45) is 2.75. The third-order valence-corrected chi connectivity index (χ3v) is 2.27. The van der Waals surface area contributed by atoms with Crippen molar-refractivity contribution in [2.45, 2.75) is 19.4 Å². The first kappa shape index (κ1) is 9.17. The van der Waals surface area contributed by atoms with E-state index in [1.165, 1.54) is 11.3 Å². The molecule has 64 valence electrons. The van der Waals surface area contributed by atoms with Crippen molar-refractivity contribution in [2.75, 3.05) is 6.54 Å². The van der Waals surface area contributed by atoms with Gasteiger partial charge in [0.2, 0.25) is 0 Å². The van der Waals surface area contributed by atoms with Crippen molar-refractivity contribution in [3.63, 3.8) is 0 Å². The number of nitriles is 1. The molecular formula is C8H11N3S. The molecule has 0 aliphatic carbocycles. The van der Waals surface area contributed by atoms with Crippen LogP contribution >= 0.6 is 11.3 Å². The summed E-state index contributed by atoms with van der Waals surface area (Å²) in [5, 5.41) is 14.6. The summed E-state index contributed by atoms with van der Waals surface area (Å²) in [6, 6.07) is 1.94. The first-order valence-electron chi connectivity index (χ1n) is 3.91. The fourth-order valence-electron chi connectivity index (χ4n) is 0.854. The Morgan fingerprint density at radius 3 is 3.17 bits per heavy atom. The van der Waals surface area contributed by atoms with E-state index < -0.39 is 0 Å². The van der Waals surface area contributed by atoms with Gasteiger partial charge >= 0.3 is 0 Å². The number of nitrogens with one attached hydrogen (secondary N) is 1. The second-order valence-corrected chi connectivity index (χ2v) is 3.31. The fraction of sp³-hybridized carbons (Fsp3) is 0.500. The summed E-state index contributed by atoms with van der Waals surface area (Å²) >= 11 is 1.51. The lowest BCUT2D eigenvalue weighted by Gasteiger charge is -2.05. The van der Waals surface area contributed by atoms with Crippen LogP contribution in [-0.2, 0) is 0 Å². The highest BCUT2D eigenvalue weighted by molar-refractivity contribution is 7.09. The first-order chi connectivity index (χ1) is 5.88. The summed E-state index contributed by atoms with van der Waals surface area (Å²) < 4.78 is 0. The van der Waals surface area contributed by atoms with Gasteiger partial charge in [-0.05, 0) is 13.0 Å². The maximum Gasteiger partial charge on any atom is 0.148 e. The Hall–Kier alpha value is -0.920. The Labute approximate surface area is 76.1 Å². The molecule has 0 radical (unpaired) electrons. The largest absolute Gasteiger partial charge is 0.296 e. The van der Waals surface area contributed by atoms with Crippen molar-refractivity contribution in [1.29, 1.82) is 5.26 Å². The van der Waals surface area contributed by atoms with Crippen molar-refractivity contribution >= 4 is 11.3 Å². The number of hydrogen-bond donors (Lipinski definition) is 1. The summed E-state index contributed by atoms with van der Waals surface area (Å²) in [5.74, 6) is 0. The summed E-state index contributed by atoms with van der Waals surface area (Å²) in [4.78, 5) is 4.07. The lowest BCUT2D eigenvalue weighted by molar-refractivity contribution is 0.618. The second-order valence-electron chi connectivity index (χ2n) is 2.39. The number of thiazole rings is 1. The van der Waals surface area contributed by atoms with Gasteiger partial charge < -0.3 is 0 Å². The van der Waals surface area contributed by atoms with Crippen LogP contribution in [-0.4, -0.2) is 11.5 Å². The second kappa shape index (κ2) is 4.86. The van der Waals surface area contributed by atoms with Gasteiger partial charge in [0, 0.05) is 11.6 Å². The number of rotatable bonds is 4. The molecule has 0 aromatic carbocycles. The molecule has 0 aliphatic rings. The Balaban J connectivity index is 2.53. The van der Waals surface area contributed by atoms with E-state index in [0.29, 0.717) is 0 Å². The van der Waals surface area contributed by atoms with Crippen LogP contribution in [0, 0.1) is 11.3 Å². The Bertz CT molecular complexity index is 250. The van der Waals surface area contributed by atoms with Gasteiger partial charge in [-0.2, -0.15) is 5.26 Å². The number of hydrogen-bond acceptors (Lipinski definition) is 4. The molecule has 12 heavy (non-hydrogen) atoms. The van der Waals surface area contributed by atoms with Crippen LogP contribution in [0.15, 0.2) is 11.6 Å². The van der Waals surface area contributed by atoms with E-state index in [1.54, 1.807) is 6.20 Å². The van der Waals surface area contributed by atoms with Gasteiger partial charge in [-0.25, -0.2) is 4.98 Å². The molecule has 0 fully saturated rings. The molecule has 0 saturated heterocycles. The highest BCUT2D eigenvalue weighted by Gasteiger charge is 2.10. The smallest absolute Gasteiger partial charge is 0.148 e. The molecule has 1 heterocycles. The molecule has 1 unspecified atom stereocenters. The SMILES string of the molecule is CCCNC(C#N)c1nccs1. The van der Waals surface area contributed by atoms with E-state index in [4.69, 9.17) is 5.26 Å². The molecule has 1 aromatic rings. The third kappa shape index (κ3) is 2.29. The summed E-state index contributed by atoms with van der Waals surface area (Å²) in [6.45, 7) is 2.93. The zero-order valence-corrected chi connectivity index (χ0v) is 7.77. The lowest BCUT2D eigenvalue weighted by atomic mass is 10.3. The van der Waals surface area contributed by atoms with Crippen LogP contribution < -0.4 is 5.32 Å². The zero-order chi connectivity index (χ0) is 8.81. The molecule has 1 atom stereocenters. The van der Waals surface area contributed by atoms with Crippen molar-refractivity contribution in [3.8, 4) is 6.07 Å². The molecule has 0 saturated carbocycles. The number of aromatic nitrogens is 1.